The van der Waals surface area contributed by atoms with E-state index in [9.17, 15) is 21.6 Å². The summed E-state index contributed by atoms with van der Waals surface area (Å²) in [5, 5.41) is 0. The van der Waals surface area contributed by atoms with Gasteiger partial charge in [0.05, 0.1) is 11.3 Å². The van der Waals surface area contributed by atoms with E-state index in [4.69, 9.17) is 5.73 Å². The minimum Gasteiger partial charge on any atom is -0.326 e. The van der Waals surface area contributed by atoms with E-state index in [1.807, 2.05) is 0 Å². The van der Waals surface area contributed by atoms with Gasteiger partial charge in [-0.1, -0.05) is 12.1 Å². The Morgan fingerprint density at radius 3 is 2.16 bits per heavy atom. The fraction of sp³-hybridized carbons (Fsp3) is 0.455. The first-order valence-electron chi connectivity index (χ1n) is 5.49. The van der Waals surface area contributed by atoms with Crippen LogP contribution in [-0.4, -0.2) is 32.5 Å². The van der Waals surface area contributed by atoms with Gasteiger partial charge in [-0.2, -0.15) is 13.2 Å². The second kappa shape index (κ2) is 5.89. The maximum atomic E-state index is 12.1. The van der Waals surface area contributed by atoms with Gasteiger partial charge in [0.2, 0.25) is 10.0 Å². The maximum absolute atomic E-state index is 12.1. The van der Waals surface area contributed by atoms with Crippen LogP contribution in [-0.2, 0) is 16.6 Å². The van der Waals surface area contributed by atoms with E-state index in [0.717, 1.165) is 12.6 Å². The minimum absolute atomic E-state index is 0.0469. The molecule has 0 heterocycles. The summed E-state index contributed by atoms with van der Waals surface area (Å²) in [6, 6.07) is 5.73. The highest BCUT2D eigenvalue weighted by Crippen LogP contribution is 2.22. The lowest BCUT2D eigenvalue weighted by molar-refractivity contribution is -0.135. The predicted octanol–water partition coefficient (Wildman–Crippen LogP) is 1.72. The Bertz CT molecular complexity index is 512. The van der Waals surface area contributed by atoms with E-state index >= 15 is 0 Å². The van der Waals surface area contributed by atoms with Crippen LogP contribution in [0.15, 0.2) is 29.2 Å². The Morgan fingerprint density at radius 2 is 1.74 bits per heavy atom. The molecule has 0 aromatic heterocycles. The zero-order valence-corrected chi connectivity index (χ0v) is 11.1. The molecule has 0 atom stereocenters. The molecule has 1 rings (SSSR count). The highest BCUT2D eigenvalue weighted by atomic mass is 32.2. The normalized spacial score (nSPS) is 12.9. The van der Waals surface area contributed by atoms with Crippen molar-refractivity contribution >= 4 is 10.0 Å². The standard InChI is InChI=1S/C11H15F3N2O2S/c1-16(7-6-11(12,13)14)19(17,18)10-4-2-9(8-15)3-5-10/h2-5H,6-8,15H2,1H3. The Hall–Kier alpha value is -1.12. The first-order valence-corrected chi connectivity index (χ1v) is 6.93. The summed E-state index contributed by atoms with van der Waals surface area (Å²) >= 11 is 0. The topological polar surface area (TPSA) is 63.4 Å². The lowest BCUT2D eigenvalue weighted by Crippen LogP contribution is -2.30. The number of nitrogens with two attached hydrogens (primary N) is 1. The lowest BCUT2D eigenvalue weighted by atomic mass is 10.2. The second-order valence-corrected chi connectivity index (χ2v) is 6.08. The van der Waals surface area contributed by atoms with Crippen molar-refractivity contribution in [3.05, 3.63) is 29.8 Å². The number of sulfonamides is 1. The van der Waals surface area contributed by atoms with Crippen molar-refractivity contribution in [1.82, 2.24) is 4.31 Å². The minimum atomic E-state index is -4.38. The van der Waals surface area contributed by atoms with Gasteiger partial charge < -0.3 is 5.73 Å². The quantitative estimate of drug-likeness (QED) is 0.900. The average Bonchev–Trinajstić information content (AvgIpc) is 2.35. The van der Waals surface area contributed by atoms with Gasteiger partial charge >= 0.3 is 6.18 Å². The van der Waals surface area contributed by atoms with Gasteiger partial charge in [0.25, 0.3) is 0 Å². The van der Waals surface area contributed by atoms with Crippen molar-refractivity contribution < 1.29 is 21.6 Å². The van der Waals surface area contributed by atoms with Crippen LogP contribution in [0.25, 0.3) is 0 Å². The van der Waals surface area contributed by atoms with Crippen LogP contribution in [0.4, 0.5) is 13.2 Å². The molecule has 0 aliphatic heterocycles. The Labute approximate surface area is 110 Å². The first kappa shape index (κ1) is 15.9. The van der Waals surface area contributed by atoms with Crippen molar-refractivity contribution in [3.8, 4) is 0 Å². The summed E-state index contributed by atoms with van der Waals surface area (Å²) in [5.74, 6) is 0. The highest BCUT2D eigenvalue weighted by Gasteiger charge is 2.30. The molecular weight excluding hydrogens is 281 g/mol. The number of rotatable bonds is 5. The number of alkyl halides is 3. The zero-order chi connectivity index (χ0) is 14.7. The summed E-state index contributed by atoms with van der Waals surface area (Å²) in [5.41, 5.74) is 6.13. The number of hydrogen-bond donors (Lipinski definition) is 1. The third-order valence-corrected chi connectivity index (χ3v) is 4.45. The molecular formula is C11H15F3N2O2S. The second-order valence-electron chi connectivity index (χ2n) is 4.04. The van der Waals surface area contributed by atoms with Gasteiger partial charge in [-0.15, -0.1) is 0 Å². The molecule has 4 nitrogen and oxygen atoms in total. The zero-order valence-electron chi connectivity index (χ0n) is 10.3. The van der Waals surface area contributed by atoms with Gasteiger partial charge in [0, 0.05) is 20.1 Å². The molecule has 0 saturated heterocycles. The summed E-state index contributed by atoms with van der Waals surface area (Å²) < 4.78 is 60.9. The molecule has 1 aromatic rings. The molecule has 0 radical (unpaired) electrons. The number of benzene rings is 1. The number of hydrogen-bond acceptors (Lipinski definition) is 3. The van der Waals surface area contributed by atoms with Crippen LogP contribution >= 0.6 is 0 Å². The fourth-order valence-corrected chi connectivity index (χ4v) is 2.55. The highest BCUT2D eigenvalue weighted by molar-refractivity contribution is 7.89. The monoisotopic (exact) mass is 296 g/mol. The molecule has 8 heteroatoms. The molecule has 0 aliphatic carbocycles. The molecule has 2 N–H and O–H groups in total. The van der Waals surface area contributed by atoms with E-state index in [1.54, 1.807) is 0 Å². The molecule has 0 aliphatic rings. The lowest BCUT2D eigenvalue weighted by Gasteiger charge is -2.18. The van der Waals surface area contributed by atoms with Crippen LogP contribution in [0.2, 0.25) is 0 Å². The van der Waals surface area contributed by atoms with E-state index < -0.39 is 29.2 Å². The molecule has 0 saturated carbocycles. The van der Waals surface area contributed by atoms with Crippen LogP contribution < -0.4 is 5.73 Å². The Balaban J connectivity index is 2.84. The van der Waals surface area contributed by atoms with Crippen molar-refractivity contribution in [2.75, 3.05) is 13.6 Å². The van der Waals surface area contributed by atoms with E-state index in [2.05, 4.69) is 0 Å². The summed E-state index contributed by atoms with van der Waals surface area (Å²) in [6.45, 7) is -0.339. The van der Waals surface area contributed by atoms with Gasteiger partial charge in [0.15, 0.2) is 0 Å². The fourth-order valence-electron chi connectivity index (χ4n) is 1.38. The average molecular weight is 296 g/mol. The van der Waals surface area contributed by atoms with Crippen LogP contribution in [0.1, 0.15) is 12.0 Å². The van der Waals surface area contributed by atoms with Crippen molar-refractivity contribution in [2.24, 2.45) is 5.73 Å². The third kappa shape index (κ3) is 4.48. The number of nitrogens with zero attached hydrogens (tertiary/aromatic N) is 1. The van der Waals surface area contributed by atoms with Gasteiger partial charge in [0.1, 0.15) is 0 Å². The van der Waals surface area contributed by atoms with E-state index in [-0.39, 0.29) is 11.4 Å². The van der Waals surface area contributed by atoms with Gasteiger partial charge in [-0.3, -0.25) is 0 Å². The Kier molecular flexibility index (Phi) is 4.94. The molecule has 108 valence electrons. The Morgan fingerprint density at radius 1 is 1.21 bits per heavy atom. The van der Waals surface area contributed by atoms with Crippen LogP contribution in [0.5, 0.6) is 0 Å². The predicted molar refractivity (Wildman–Crippen MR) is 64.8 cm³/mol. The van der Waals surface area contributed by atoms with Gasteiger partial charge in [-0.25, -0.2) is 12.7 Å². The molecule has 0 amide bonds. The third-order valence-electron chi connectivity index (χ3n) is 2.58. The molecule has 19 heavy (non-hydrogen) atoms. The first-order chi connectivity index (χ1) is 8.66. The summed E-state index contributed by atoms with van der Waals surface area (Å²) in [7, 11) is -2.77. The SMILES string of the molecule is CN(CCC(F)(F)F)S(=O)(=O)c1ccc(CN)cc1. The summed E-state index contributed by atoms with van der Waals surface area (Å²) in [4.78, 5) is -0.0469. The summed E-state index contributed by atoms with van der Waals surface area (Å²) in [6.07, 6.45) is -5.56. The smallest absolute Gasteiger partial charge is 0.326 e. The van der Waals surface area contributed by atoms with Crippen LogP contribution in [0, 0.1) is 0 Å². The van der Waals surface area contributed by atoms with Crippen molar-refractivity contribution in [1.29, 1.82) is 0 Å². The van der Waals surface area contributed by atoms with Crippen molar-refractivity contribution in [3.63, 3.8) is 0 Å². The van der Waals surface area contributed by atoms with Crippen molar-refractivity contribution in [2.45, 2.75) is 24.0 Å². The maximum Gasteiger partial charge on any atom is 0.390 e. The largest absolute Gasteiger partial charge is 0.390 e. The number of halogens is 3. The van der Waals surface area contributed by atoms with E-state index in [0.29, 0.717) is 4.31 Å². The molecule has 0 bridgehead atoms. The molecule has 0 fully saturated rings. The van der Waals surface area contributed by atoms with Gasteiger partial charge in [-0.05, 0) is 17.7 Å². The van der Waals surface area contributed by atoms with Crippen LogP contribution in [0.3, 0.4) is 0 Å². The molecule has 1 aromatic carbocycles. The molecule has 0 spiro atoms. The van der Waals surface area contributed by atoms with E-state index in [1.165, 1.54) is 24.3 Å². The molecule has 0 unspecified atom stereocenters.